The van der Waals surface area contributed by atoms with E-state index >= 15 is 0 Å². The van der Waals surface area contributed by atoms with Gasteiger partial charge in [-0.25, -0.2) is 4.98 Å². The predicted octanol–water partition coefficient (Wildman–Crippen LogP) is 3.18. The van der Waals surface area contributed by atoms with Gasteiger partial charge in [0.25, 0.3) is 5.82 Å². The molecule has 0 atom stereocenters. The average Bonchev–Trinajstić information content (AvgIpc) is 2.87. The van der Waals surface area contributed by atoms with Crippen LogP contribution in [0.3, 0.4) is 0 Å². The second-order valence-electron chi connectivity index (χ2n) is 6.56. The van der Waals surface area contributed by atoms with E-state index in [-0.39, 0.29) is 0 Å². The molecule has 1 aromatic heterocycles. The number of aromatic amines is 1. The molecule has 3 rings (SSSR count). The molecular weight excluding hydrogens is 322 g/mol. The molecule has 3 N–H and O–H groups in total. The number of benzene rings is 1. The summed E-state index contributed by atoms with van der Waals surface area (Å²) in [5.41, 5.74) is 13.3. The van der Waals surface area contributed by atoms with Gasteiger partial charge in [0.05, 0.1) is 0 Å². The second-order valence-corrected chi connectivity index (χ2v) is 6.56. The van der Waals surface area contributed by atoms with Gasteiger partial charge < -0.3 is 4.90 Å². The molecule has 0 fully saturated rings. The zero-order valence-corrected chi connectivity index (χ0v) is 15.3. The third-order valence-electron chi connectivity index (χ3n) is 4.77. The number of nitrogens with two attached hydrogens (primary N) is 1. The minimum absolute atomic E-state index is 0.292. The molecule has 0 saturated heterocycles. The molecule has 0 saturated carbocycles. The highest BCUT2D eigenvalue weighted by molar-refractivity contribution is 6.07. The molecule has 1 heterocycles. The normalized spacial score (nSPS) is 14.2. The van der Waals surface area contributed by atoms with E-state index in [1.54, 1.807) is 0 Å². The van der Waals surface area contributed by atoms with Crippen molar-refractivity contribution in [3.63, 3.8) is 0 Å². The van der Waals surface area contributed by atoms with E-state index in [0.717, 1.165) is 33.5 Å². The highest BCUT2D eigenvalue weighted by Gasteiger charge is 2.32. The van der Waals surface area contributed by atoms with Crippen LogP contribution < -0.4 is 15.6 Å². The van der Waals surface area contributed by atoms with Gasteiger partial charge in [0.1, 0.15) is 23.3 Å². The first-order valence-electron chi connectivity index (χ1n) is 8.25. The lowest BCUT2D eigenvalue weighted by Gasteiger charge is -2.12. The molecule has 0 spiro atoms. The Morgan fingerprint density at radius 3 is 2.27 bits per heavy atom. The summed E-state index contributed by atoms with van der Waals surface area (Å²) in [6.45, 7) is 3.80. The van der Waals surface area contributed by atoms with Crippen LogP contribution in [0, 0.1) is 29.6 Å². The quantitative estimate of drug-likeness (QED) is 0.907. The van der Waals surface area contributed by atoms with Crippen molar-refractivity contribution in [2.45, 2.75) is 13.8 Å². The van der Waals surface area contributed by atoms with Crippen LogP contribution in [0.2, 0.25) is 0 Å². The summed E-state index contributed by atoms with van der Waals surface area (Å²) in [7, 11) is 4.00. The smallest absolute Gasteiger partial charge is 0.289 e. The van der Waals surface area contributed by atoms with Crippen LogP contribution in [0.15, 0.2) is 29.8 Å². The second kappa shape index (κ2) is 6.38. The molecule has 2 aromatic rings. The number of nitrogens with zero attached hydrogens (tertiary/aromatic N) is 3. The van der Waals surface area contributed by atoms with Crippen molar-refractivity contribution in [1.82, 2.24) is 0 Å². The molecular formula is C21H20N5+. The Labute approximate surface area is 153 Å². The standard InChI is InChI=1S/C21H19N5/c1-12-16(9-14-5-7-15(8-6-14)26(3)4)19-13(2)18(11-23)21(24)25-20(19)17(12)10-22/h5-9H,1-4H3,(H2,24,25)/p+1. The van der Waals surface area contributed by atoms with Crippen molar-refractivity contribution in [2.24, 2.45) is 0 Å². The van der Waals surface area contributed by atoms with Crippen molar-refractivity contribution in [1.29, 1.82) is 10.5 Å². The topological polar surface area (TPSA) is 91.0 Å². The Morgan fingerprint density at radius 1 is 1.08 bits per heavy atom. The Bertz CT molecular complexity index is 1040. The molecule has 5 nitrogen and oxygen atoms in total. The van der Waals surface area contributed by atoms with Crippen LogP contribution in [-0.4, -0.2) is 14.1 Å². The number of anilines is 2. The minimum Gasteiger partial charge on any atom is -0.378 e. The highest BCUT2D eigenvalue weighted by atomic mass is 15.1. The Morgan fingerprint density at radius 2 is 1.73 bits per heavy atom. The first kappa shape index (κ1) is 17.3. The van der Waals surface area contributed by atoms with E-state index in [1.165, 1.54) is 0 Å². The largest absolute Gasteiger partial charge is 0.378 e. The summed E-state index contributed by atoms with van der Waals surface area (Å²) in [6.07, 6.45) is 2.05. The van der Waals surface area contributed by atoms with Gasteiger partial charge in [-0.2, -0.15) is 10.5 Å². The van der Waals surface area contributed by atoms with E-state index in [2.05, 4.69) is 35.3 Å². The van der Waals surface area contributed by atoms with Gasteiger partial charge in [-0.15, -0.1) is 0 Å². The van der Waals surface area contributed by atoms with E-state index in [0.29, 0.717) is 22.6 Å². The van der Waals surface area contributed by atoms with Crippen molar-refractivity contribution >= 4 is 28.7 Å². The van der Waals surface area contributed by atoms with E-state index < -0.39 is 0 Å². The summed E-state index contributed by atoms with van der Waals surface area (Å²) < 4.78 is 0. The first-order chi connectivity index (χ1) is 12.4. The molecule has 0 radical (unpaired) electrons. The van der Waals surface area contributed by atoms with Gasteiger partial charge >= 0.3 is 0 Å². The summed E-state index contributed by atoms with van der Waals surface area (Å²) in [4.78, 5) is 5.09. The summed E-state index contributed by atoms with van der Waals surface area (Å²) >= 11 is 0. The van der Waals surface area contributed by atoms with Crippen molar-refractivity contribution in [3.8, 4) is 12.1 Å². The maximum Gasteiger partial charge on any atom is 0.289 e. The van der Waals surface area contributed by atoms with Crippen molar-refractivity contribution in [2.75, 3.05) is 24.7 Å². The summed E-state index contributed by atoms with van der Waals surface area (Å²) in [5.74, 6) is 0.292. The zero-order valence-electron chi connectivity index (χ0n) is 15.3. The van der Waals surface area contributed by atoms with Crippen LogP contribution >= 0.6 is 0 Å². The number of nitriles is 2. The number of H-pyrrole nitrogens is 1. The predicted molar refractivity (Wildman–Crippen MR) is 104 cm³/mol. The maximum atomic E-state index is 9.61. The van der Waals surface area contributed by atoms with Crippen LogP contribution in [0.5, 0.6) is 0 Å². The lowest BCUT2D eigenvalue weighted by molar-refractivity contribution is -0.364. The lowest BCUT2D eigenvalue weighted by atomic mass is 9.95. The number of hydrogen-bond donors (Lipinski definition) is 1. The molecule has 1 aliphatic carbocycles. The van der Waals surface area contributed by atoms with Gasteiger partial charge in [0, 0.05) is 25.3 Å². The molecule has 26 heavy (non-hydrogen) atoms. The number of allylic oxidation sites excluding steroid dienone is 3. The fraction of sp³-hybridized carbons (Fsp3) is 0.190. The van der Waals surface area contributed by atoms with Gasteiger partial charge in [0.2, 0.25) is 0 Å². The first-order valence-corrected chi connectivity index (χ1v) is 8.25. The van der Waals surface area contributed by atoms with Crippen LogP contribution in [0.4, 0.5) is 11.5 Å². The van der Waals surface area contributed by atoms with E-state index in [4.69, 9.17) is 5.73 Å². The van der Waals surface area contributed by atoms with Crippen molar-refractivity contribution in [3.05, 3.63) is 57.8 Å². The third-order valence-corrected chi connectivity index (χ3v) is 4.77. The molecule has 5 heteroatoms. The van der Waals surface area contributed by atoms with Gasteiger partial charge in [-0.1, -0.05) is 12.1 Å². The maximum absolute atomic E-state index is 9.61. The number of rotatable bonds is 2. The number of fused-ring (bicyclic) bond motifs is 1. The number of pyridine rings is 1. The van der Waals surface area contributed by atoms with E-state index in [9.17, 15) is 10.5 Å². The summed E-state index contributed by atoms with van der Waals surface area (Å²) in [5, 5.41) is 19.0. The molecule has 128 valence electrons. The molecule has 0 amide bonds. The fourth-order valence-electron chi connectivity index (χ4n) is 3.31. The minimum atomic E-state index is 0.292. The molecule has 0 aliphatic heterocycles. The molecule has 0 unspecified atom stereocenters. The SMILES string of the molecule is CC1=C(C#N)c2[nH+]c(N)c(C#N)c(C)c2C1=Cc1ccc(N(C)C)cc1. The number of hydrogen-bond acceptors (Lipinski definition) is 4. The molecule has 1 aliphatic rings. The summed E-state index contributed by atoms with van der Waals surface area (Å²) in [6, 6.07) is 12.6. The number of aromatic nitrogens is 1. The Balaban J connectivity index is 2.23. The highest BCUT2D eigenvalue weighted by Crippen LogP contribution is 2.42. The molecule has 1 aromatic carbocycles. The van der Waals surface area contributed by atoms with Crippen molar-refractivity contribution < 1.29 is 4.98 Å². The third kappa shape index (κ3) is 2.60. The van der Waals surface area contributed by atoms with Gasteiger partial charge in [0.15, 0.2) is 5.69 Å². The molecule has 0 bridgehead atoms. The fourth-order valence-corrected chi connectivity index (χ4v) is 3.31. The van der Waals surface area contributed by atoms with Gasteiger partial charge in [-0.3, -0.25) is 5.73 Å². The van der Waals surface area contributed by atoms with Crippen LogP contribution in [-0.2, 0) is 0 Å². The number of nitrogen functional groups attached to an aromatic ring is 1. The van der Waals surface area contributed by atoms with Gasteiger partial charge in [-0.05, 0) is 54.3 Å². The van der Waals surface area contributed by atoms with Crippen LogP contribution in [0.25, 0.3) is 17.2 Å². The average molecular weight is 342 g/mol. The Kier molecular flexibility index (Phi) is 4.24. The zero-order chi connectivity index (χ0) is 19.0. The van der Waals surface area contributed by atoms with Crippen LogP contribution in [0.1, 0.15) is 34.9 Å². The Hall–Kier alpha value is -3.57. The lowest BCUT2D eigenvalue weighted by Crippen LogP contribution is -2.20. The van der Waals surface area contributed by atoms with E-state index in [1.807, 2.05) is 45.0 Å². The monoisotopic (exact) mass is 342 g/mol. The number of nitrogens with one attached hydrogen (secondary N) is 1.